The van der Waals surface area contributed by atoms with Gasteiger partial charge in [-0.25, -0.2) is 0 Å². The van der Waals surface area contributed by atoms with Gasteiger partial charge in [-0.3, -0.25) is 0 Å². The summed E-state index contributed by atoms with van der Waals surface area (Å²) in [7, 11) is 0. The molecule has 0 fully saturated rings. The molecule has 13 heavy (non-hydrogen) atoms. The Hall–Kier alpha value is -1.04. The lowest BCUT2D eigenvalue weighted by Gasteiger charge is -2.07. The third-order valence-corrected chi connectivity index (χ3v) is 3.20. The number of fused-ring (bicyclic) bond motifs is 2. The van der Waals surface area contributed by atoms with Gasteiger partial charge in [0.15, 0.2) is 0 Å². The monoisotopic (exact) mass is 169 g/mol. The summed E-state index contributed by atoms with van der Waals surface area (Å²) in [6.07, 6.45) is 8.38. The van der Waals surface area contributed by atoms with Crippen molar-refractivity contribution in [3.05, 3.63) is 46.4 Å². The van der Waals surface area contributed by atoms with Gasteiger partial charge >= 0.3 is 0 Å². The number of hydrogen-bond donors (Lipinski definition) is 0. The molecule has 2 aliphatic carbocycles. The molecule has 0 N–H and O–H groups in total. The van der Waals surface area contributed by atoms with Crippen molar-refractivity contribution in [3.63, 3.8) is 0 Å². The molecule has 0 heterocycles. The highest BCUT2D eigenvalue weighted by molar-refractivity contribution is 5.70. The fourth-order valence-electron chi connectivity index (χ4n) is 2.43. The van der Waals surface area contributed by atoms with E-state index in [2.05, 4.69) is 31.2 Å². The standard InChI is InChI=1S/C13H13/c1-9-5-6-12-7-10-3-2-4-11(10)8-13(9)12/h5-8H,2-4H2,1H3. The maximum absolute atomic E-state index is 2.40. The Morgan fingerprint density at radius 1 is 1.00 bits per heavy atom. The normalized spacial score (nSPS) is 19.2. The highest BCUT2D eigenvalue weighted by atomic mass is 14.2. The summed E-state index contributed by atoms with van der Waals surface area (Å²) in [5.74, 6) is 1.42. The van der Waals surface area contributed by atoms with Crippen molar-refractivity contribution in [3.8, 4) is 0 Å². The van der Waals surface area contributed by atoms with Crippen LogP contribution in [0.4, 0.5) is 0 Å². The van der Waals surface area contributed by atoms with Crippen molar-refractivity contribution in [2.24, 2.45) is 0 Å². The van der Waals surface area contributed by atoms with Crippen LogP contribution in [0.15, 0.2) is 18.2 Å². The molecular weight excluding hydrogens is 156 g/mol. The first kappa shape index (κ1) is 7.37. The van der Waals surface area contributed by atoms with Gasteiger partial charge in [-0.2, -0.15) is 0 Å². The first-order chi connectivity index (χ1) is 6.34. The second-order valence-corrected chi connectivity index (χ2v) is 4.08. The molecule has 65 valence electrons. The highest BCUT2D eigenvalue weighted by Crippen LogP contribution is 2.34. The van der Waals surface area contributed by atoms with E-state index in [0.29, 0.717) is 0 Å². The van der Waals surface area contributed by atoms with E-state index in [1.165, 1.54) is 36.3 Å². The van der Waals surface area contributed by atoms with Gasteiger partial charge in [0, 0.05) is 5.92 Å². The zero-order chi connectivity index (χ0) is 8.84. The van der Waals surface area contributed by atoms with Crippen molar-refractivity contribution in [2.45, 2.75) is 26.2 Å². The largest absolute Gasteiger partial charge is 0.0724 e. The van der Waals surface area contributed by atoms with E-state index >= 15 is 0 Å². The molecular formula is C13H13. The third kappa shape index (κ3) is 0.980. The summed E-state index contributed by atoms with van der Waals surface area (Å²) in [5.41, 5.74) is 6.05. The molecule has 0 atom stereocenters. The molecule has 0 spiro atoms. The third-order valence-electron chi connectivity index (χ3n) is 3.20. The van der Waals surface area contributed by atoms with E-state index in [1.54, 1.807) is 11.1 Å². The fraction of sp³-hybridized carbons (Fsp3) is 0.308. The average molecular weight is 169 g/mol. The van der Waals surface area contributed by atoms with E-state index in [0.717, 1.165) is 0 Å². The summed E-state index contributed by atoms with van der Waals surface area (Å²) in [5, 5.41) is 0. The van der Waals surface area contributed by atoms with E-state index in [4.69, 9.17) is 0 Å². The summed E-state index contributed by atoms with van der Waals surface area (Å²) in [6, 6.07) is 4.78. The molecule has 1 aromatic carbocycles. The average Bonchev–Trinajstić information content (AvgIpc) is 2.70. The molecule has 2 aliphatic rings. The van der Waals surface area contributed by atoms with Crippen LogP contribution >= 0.6 is 0 Å². The van der Waals surface area contributed by atoms with Crippen molar-refractivity contribution in [1.29, 1.82) is 0 Å². The molecule has 1 aromatic rings. The van der Waals surface area contributed by atoms with Crippen LogP contribution in [0.5, 0.6) is 0 Å². The Morgan fingerprint density at radius 3 is 2.62 bits per heavy atom. The molecule has 0 saturated heterocycles. The van der Waals surface area contributed by atoms with Crippen LogP contribution in [-0.4, -0.2) is 0 Å². The SMILES string of the molecule is C[C]1C=Cc2cc3c(cc21)CCC3. The first-order valence-corrected chi connectivity index (χ1v) is 5.02. The zero-order valence-electron chi connectivity index (χ0n) is 7.93. The second-order valence-electron chi connectivity index (χ2n) is 4.08. The van der Waals surface area contributed by atoms with Gasteiger partial charge in [-0.15, -0.1) is 0 Å². The number of aryl methyl sites for hydroxylation is 2. The molecule has 0 saturated carbocycles. The van der Waals surface area contributed by atoms with Crippen molar-refractivity contribution in [2.75, 3.05) is 0 Å². The van der Waals surface area contributed by atoms with Gasteiger partial charge in [0.25, 0.3) is 0 Å². The molecule has 0 amide bonds. The van der Waals surface area contributed by atoms with Crippen LogP contribution in [-0.2, 0) is 12.8 Å². The highest BCUT2D eigenvalue weighted by Gasteiger charge is 2.18. The predicted molar refractivity (Wildman–Crippen MR) is 55.5 cm³/mol. The van der Waals surface area contributed by atoms with Crippen LogP contribution in [0, 0.1) is 5.92 Å². The van der Waals surface area contributed by atoms with Crippen LogP contribution in [0.25, 0.3) is 6.08 Å². The molecule has 0 nitrogen and oxygen atoms in total. The molecule has 0 heteroatoms. The quantitative estimate of drug-likeness (QED) is 0.559. The topological polar surface area (TPSA) is 0 Å². The van der Waals surface area contributed by atoms with Crippen LogP contribution in [0.3, 0.4) is 0 Å². The summed E-state index contributed by atoms with van der Waals surface area (Å²) < 4.78 is 0. The molecule has 0 unspecified atom stereocenters. The van der Waals surface area contributed by atoms with Gasteiger partial charge in [-0.05, 0) is 41.5 Å². The number of hydrogen-bond acceptors (Lipinski definition) is 0. The lowest BCUT2D eigenvalue weighted by atomic mass is 9.97. The predicted octanol–water partition coefficient (Wildman–Crippen LogP) is 3.14. The molecule has 0 aromatic heterocycles. The molecule has 1 radical (unpaired) electrons. The number of benzene rings is 1. The number of allylic oxidation sites excluding steroid dienone is 1. The lowest BCUT2D eigenvalue weighted by Crippen LogP contribution is -1.92. The number of rotatable bonds is 0. The van der Waals surface area contributed by atoms with Crippen LogP contribution in [0.2, 0.25) is 0 Å². The maximum Gasteiger partial charge on any atom is 0.0242 e. The Morgan fingerprint density at radius 2 is 1.77 bits per heavy atom. The molecule has 0 aliphatic heterocycles. The molecule has 0 bridgehead atoms. The van der Waals surface area contributed by atoms with Gasteiger partial charge in [0.05, 0.1) is 0 Å². The van der Waals surface area contributed by atoms with Gasteiger partial charge in [0.2, 0.25) is 0 Å². The maximum atomic E-state index is 2.40. The van der Waals surface area contributed by atoms with E-state index in [-0.39, 0.29) is 0 Å². The van der Waals surface area contributed by atoms with Crippen LogP contribution < -0.4 is 0 Å². The minimum atomic E-state index is 1.29. The Bertz CT molecular complexity index is 385. The van der Waals surface area contributed by atoms with Crippen molar-refractivity contribution in [1.82, 2.24) is 0 Å². The van der Waals surface area contributed by atoms with Gasteiger partial charge < -0.3 is 0 Å². The Labute approximate surface area is 79.3 Å². The van der Waals surface area contributed by atoms with Crippen molar-refractivity contribution < 1.29 is 0 Å². The summed E-state index contributed by atoms with van der Waals surface area (Å²) >= 11 is 0. The second kappa shape index (κ2) is 2.47. The summed E-state index contributed by atoms with van der Waals surface area (Å²) in [6.45, 7) is 2.20. The van der Waals surface area contributed by atoms with Gasteiger partial charge in [0.1, 0.15) is 0 Å². The minimum Gasteiger partial charge on any atom is -0.0724 e. The van der Waals surface area contributed by atoms with E-state index < -0.39 is 0 Å². The zero-order valence-corrected chi connectivity index (χ0v) is 7.93. The van der Waals surface area contributed by atoms with E-state index in [1.807, 2.05) is 0 Å². The smallest absolute Gasteiger partial charge is 0.0242 e. The fourth-order valence-corrected chi connectivity index (χ4v) is 2.43. The van der Waals surface area contributed by atoms with Crippen molar-refractivity contribution >= 4 is 6.08 Å². The minimum absolute atomic E-state index is 1.29. The Kier molecular flexibility index (Phi) is 1.40. The van der Waals surface area contributed by atoms with Gasteiger partial charge in [-0.1, -0.05) is 31.2 Å². The summed E-state index contributed by atoms with van der Waals surface area (Å²) in [4.78, 5) is 0. The molecule has 3 rings (SSSR count). The first-order valence-electron chi connectivity index (χ1n) is 5.02. The van der Waals surface area contributed by atoms with E-state index in [9.17, 15) is 0 Å². The van der Waals surface area contributed by atoms with Crippen LogP contribution in [0.1, 0.15) is 35.6 Å². The lowest BCUT2D eigenvalue weighted by molar-refractivity contribution is 0.911. The Balaban J connectivity index is 2.20.